The Bertz CT molecular complexity index is 912. The minimum atomic E-state index is -0.860. The van der Waals surface area contributed by atoms with Crippen molar-refractivity contribution in [3.8, 4) is 0 Å². The molecule has 0 rings (SSSR count). The van der Waals surface area contributed by atoms with E-state index in [4.69, 9.17) is 23.7 Å². The van der Waals surface area contributed by atoms with Crippen LogP contribution in [0.1, 0.15) is 73.6 Å². The van der Waals surface area contributed by atoms with Crippen LogP contribution in [0.15, 0.2) is 60.8 Å². The number of rotatable bonds is 19. The predicted octanol–water partition coefficient (Wildman–Crippen LogP) is 5.53. The Balaban J connectivity index is 0. The second kappa shape index (κ2) is 21.8. The molecule has 0 fully saturated rings. The van der Waals surface area contributed by atoms with Gasteiger partial charge in [-0.3, -0.25) is 0 Å². The summed E-state index contributed by atoms with van der Waals surface area (Å²) in [4.78, 5) is 57.0. The van der Waals surface area contributed by atoms with Gasteiger partial charge in [0.05, 0.1) is 18.6 Å². The normalized spacial score (nSPS) is 10.1. The van der Waals surface area contributed by atoms with Crippen LogP contribution < -0.4 is 0 Å². The molecule has 0 unspecified atom stereocenters. The van der Waals surface area contributed by atoms with Gasteiger partial charge in [0.2, 0.25) is 0 Å². The fourth-order valence-electron chi connectivity index (χ4n) is 2.59. The zero-order valence-corrected chi connectivity index (χ0v) is 26.2. The van der Waals surface area contributed by atoms with Crippen LogP contribution in [-0.4, -0.2) is 62.9 Å². The lowest BCUT2D eigenvalue weighted by molar-refractivity contribution is -0.157. The highest BCUT2D eigenvalue weighted by Gasteiger charge is 2.34. The van der Waals surface area contributed by atoms with Gasteiger partial charge in [0.25, 0.3) is 0 Å². The summed E-state index contributed by atoms with van der Waals surface area (Å²) in [6, 6.07) is 0. The van der Waals surface area contributed by atoms with E-state index >= 15 is 0 Å². The molecule has 0 aliphatic rings. The molecule has 42 heavy (non-hydrogen) atoms. The number of hydrogen-bond acceptors (Lipinski definition) is 10. The summed E-state index contributed by atoms with van der Waals surface area (Å²) in [5.74, 6) is -2.38. The molecular formula is C32H48O10. The van der Waals surface area contributed by atoms with Crippen molar-refractivity contribution in [1.82, 2.24) is 0 Å². The lowest BCUT2D eigenvalue weighted by Gasteiger charge is -2.31. The van der Waals surface area contributed by atoms with Crippen LogP contribution in [-0.2, 0) is 47.7 Å². The third kappa shape index (κ3) is 19.2. The van der Waals surface area contributed by atoms with Crippen LogP contribution in [0.4, 0.5) is 0 Å². The second-order valence-corrected chi connectivity index (χ2v) is 10.2. The lowest BCUT2D eigenvalue weighted by atomic mass is 9.88. The van der Waals surface area contributed by atoms with E-state index in [1.54, 1.807) is 13.8 Å². The van der Waals surface area contributed by atoms with Gasteiger partial charge in [0.15, 0.2) is 0 Å². The first kappa shape index (κ1) is 40.2. The molecule has 0 N–H and O–H groups in total. The molecule has 236 valence electrons. The molecule has 0 heterocycles. The van der Waals surface area contributed by atoms with Crippen LogP contribution in [0, 0.1) is 5.41 Å². The van der Waals surface area contributed by atoms with Gasteiger partial charge in [-0.25, -0.2) is 24.0 Å². The molecule has 0 saturated heterocycles. The minimum Gasteiger partial charge on any atom is -0.462 e. The fourth-order valence-corrected chi connectivity index (χ4v) is 2.59. The predicted molar refractivity (Wildman–Crippen MR) is 160 cm³/mol. The Hall–Kier alpha value is -3.95. The summed E-state index contributed by atoms with van der Waals surface area (Å²) >= 11 is 0. The highest BCUT2D eigenvalue weighted by molar-refractivity contribution is 5.88. The maximum atomic E-state index is 11.6. The zero-order valence-electron chi connectivity index (χ0n) is 26.2. The van der Waals surface area contributed by atoms with Gasteiger partial charge in [0, 0.05) is 27.9 Å². The van der Waals surface area contributed by atoms with Crippen LogP contribution in [0.3, 0.4) is 0 Å². The van der Waals surface area contributed by atoms with Crippen LogP contribution in [0.2, 0.25) is 0 Å². The van der Waals surface area contributed by atoms with E-state index in [0.29, 0.717) is 30.8 Å². The maximum absolute atomic E-state index is 11.6. The molecule has 0 bridgehead atoms. The lowest BCUT2D eigenvalue weighted by Crippen LogP contribution is -2.39. The molecule has 0 aliphatic carbocycles. The van der Waals surface area contributed by atoms with Crippen molar-refractivity contribution in [3.63, 3.8) is 0 Å². The molecule has 0 aromatic carbocycles. The topological polar surface area (TPSA) is 132 Å². The molecule has 10 nitrogen and oxygen atoms in total. The van der Waals surface area contributed by atoms with Crippen molar-refractivity contribution in [2.24, 2.45) is 5.41 Å². The Morgan fingerprint density at radius 3 is 0.905 bits per heavy atom. The summed E-state index contributed by atoms with van der Waals surface area (Å²) in [7, 11) is 0. The first-order chi connectivity index (χ1) is 19.5. The molecule has 0 atom stereocenters. The van der Waals surface area contributed by atoms with E-state index in [0.717, 1.165) is 25.7 Å². The van der Waals surface area contributed by atoms with Gasteiger partial charge in [-0.2, -0.15) is 0 Å². The molecular weight excluding hydrogens is 544 g/mol. The molecule has 0 spiro atoms. The molecule has 0 aliphatic heterocycles. The minimum absolute atomic E-state index is 0.0812. The van der Waals surface area contributed by atoms with Crippen molar-refractivity contribution in [2.45, 2.75) is 73.6 Å². The Kier molecular flexibility index (Phi) is 20.8. The number of carbonyl (C=O) groups excluding carboxylic acids is 5. The van der Waals surface area contributed by atoms with E-state index < -0.39 is 23.3 Å². The van der Waals surface area contributed by atoms with Crippen molar-refractivity contribution in [3.05, 3.63) is 60.8 Å². The number of ether oxygens (including phenoxy) is 5. The van der Waals surface area contributed by atoms with Gasteiger partial charge in [0.1, 0.15) is 19.8 Å². The largest absolute Gasteiger partial charge is 0.462 e. The molecule has 0 amide bonds. The third-order valence-electron chi connectivity index (χ3n) is 5.53. The van der Waals surface area contributed by atoms with E-state index in [-0.39, 0.29) is 48.5 Å². The van der Waals surface area contributed by atoms with Gasteiger partial charge in [-0.15, -0.1) is 0 Å². The van der Waals surface area contributed by atoms with Gasteiger partial charge in [-0.1, -0.05) is 39.8 Å². The molecule has 0 aromatic rings. The van der Waals surface area contributed by atoms with Gasteiger partial charge >= 0.3 is 29.8 Å². The number of unbranched alkanes of at least 4 members (excludes halogenated alkanes) is 3. The Labute approximate surface area is 250 Å². The van der Waals surface area contributed by atoms with Crippen molar-refractivity contribution in [1.29, 1.82) is 0 Å². The molecule has 10 heteroatoms. The van der Waals surface area contributed by atoms with Gasteiger partial charge in [-0.05, 0) is 66.7 Å². The van der Waals surface area contributed by atoms with Crippen LogP contribution >= 0.6 is 0 Å². The van der Waals surface area contributed by atoms with Gasteiger partial charge < -0.3 is 23.7 Å². The quantitative estimate of drug-likeness (QED) is 0.0817. The summed E-state index contributed by atoms with van der Waals surface area (Å²) < 4.78 is 25.4. The van der Waals surface area contributed by atoms with Crippen molar-refractivity contribution >= 4 is 29.8 Å². The summed E-state index contributed by atoms with van der Waals surface area (Å²) in [5.41, 5.74) is 0.721. The third-order valence-corrected chi connectivity index (χ3v) is 5.53. The maximum Gasteiger partial charge on any atom is 0.333 e. The highest BCUT2D eigenvalue weighted by atomic mass is 16.6. The molecule has 0 aromatic heterocycles. The van der Waals surface area contributed by atoms with Crippen molar-refractivity contribution < 1.29 is 47.7 Å². The standard InChI is InChI=1S/C18H26O6.C14H22O4/c1-8-18(9-22-15(19)12(2)3,10-23-16(20)13(4)5)11-24-17(21)14(6)7;1-11(2)13(15)17-9-7-5-6-8-10-18-14(16)12(3)4/h2,4,6,8-11H2,1,3,5,7H3;1,3,5-10H2,2,4H3. The SMILES string of the molecule is C=C(C)C(=O)OCC(CC)(COC(=O)C(=C)C)COC(=O)C(=C)C.C=C(C)C(=O)OCCCCCCOC(=O)C(=C)C. The first-order valence-corrected chi connectivity index (χ1v) is 13.6. The Morgan fingerprint density at radius 1 is 0.452 bits per heavy atom. The van der Waals surface area contributed by atoms with E-state index in [9.17, 15) is 24.0 Å². The molecule has 0 saturated carbocycles. The fraction of sp³-hybridized carbons (Fsp3) is 0.531. The van der Waals surface area contributed by atoms with Crippen LogP contribution in [0.5, 0.6) is 0 Å². The van der Waals surface area contributed by atoms with E-state index in [1.807, 2.05) is 6.92 Å². The number of carbonyl (C=O) groups is 5. The highest BCUT2D eigenvalue weighted by Crippen LogP contribution is 2.25. The van der Waals surface area contributed by atoms with E-state index in [1.165, 1.54) is 20.8 Å². The van der Waals surface area contributed by atoms with Crippen molar-refractivity contribution in [2.75, 3.05) is 33.0 Å². The van der Waals surface area contributed by atoms with E-state index in [2.05, 4.69) is 32.9 Å². The second-order valence-electron chi connectivity index (χ2n) is 10.2. The summed E-state index contributed by atoms with van der Waals surface area (Å²) in [6.07, 6.45) is 3.95. The number of hydrogen-bond donors (Lipinski definition) is 0. The first-order valence-electron chi connectivity index (χ1n) is 13.6. The average molecular weight is 593 g/mol. The Morgan fingerprint density at radius 2 is 0.690 bits per heavy atom. The zero-order chi connectivity index (χ0) is 32.9. The molecule has 0 radical (unpaired) electrons. The monoisotopic (exact) mass is 592 g/mol. The number of esters is 5. The van der Waals surface area contributed by atoms with Crippen LogP contribution in [0.25, 0.3) is 0 Å². The average Bonchev–Trinajstić information content (AvgIpc) is 2.93. The summed E-state index contributed by atoms with van der Waals surface area (Å²) in [5, 5.41) is 0. The smallest absolute Gasteiger partial charge is 0.333 e. The summed E-state index contributed by atoms with van der Waals surface area (Å²) in [6.45, 7) is 27.7.